The summed E-state index contributed by atoms with van der Waals surface area (Å²) in [5.74, 6) is -0.106. The highest BCUT2D eigenvalue weighted by atomic mass is 16.6. The summed E-state index contributed by atoms with van der Waals surface area (Å²) in [5, 5.41) is 0. The Kier molecular flexibility index (Phi) is 6.87. The molecule has 0 aromatic heterocycles. The number of nitrogens with zero attached hydrogens (tertiary/aromatic N) is 2. The van der Waals surface area contributed by atoms with Crippen LogP contribution in [0.2, 0.25) is 0 Å². The molecule has 0 N–H and O–H groups in total. The average molecular weight is 381 g/mol. The zero-order chi connectivity index (χ0) is 20.0. The van der Waals surface area contributed by atoms with E-state index in [1.165, 1.54) is 11.1 Å². The Hall–Kier alpha value is -2.17. The molecule has 2 aromatic carbocycles. The normalized spacial score (nSPS) is 19.2. The van der Waals surface area contributed by atoms with E-state index in [1.807, 2.05) is 32.9 Å². The molecule has 4 heteroatoms. The van der Waals surface area contributed by atoms with Gasteiger partial charge in [-0.25, -0.2) is 0 Å². The Labute approximate surface area is 169 Å². The fraction of sp³-hybridized carbons (Fsp3) is 0.458. The summed E-state index contributed by atoms with van der Waals surface area (Å²) in [4.78, 5) is 17.7. The van der Waals surface area contributed by atoms with Crippen LogP contribution in [0.1, 0.15) is 38.3 Å². The standard InChI is InChI=1S/C24H32N2O2/c1-24(2,3)28-23(27)22-14-15-25(18-20-10-6-4-7-11-20)16-17-26(22)19-21-12-8-5-9-13-21/h4-13,22H,14-19H2,1-3H3/t22-/m0/s1. The third-order valence-corrected chi connectivity index (χ3v) is 5.02. The van der Waals surface area contributed by atoms with Crippen LogP contribution < -0.4 is 0 Å². The zero-order valence-electron chi connectivity index (χ0n) is 17.3. The molecule has 4 nitrogen and oxygen atoms in total. The van der Waals surface area contributed by atoms with Gasteiger partial charge in [-0.15, -0.1) is 0 Å². The number of benzene rings is 2. The molecule has 3 rings (SSSR count). The van der Waals surface area contributed by atoms with Gasteiger partial charge in [-0.1, -0.05) is 60.7 Å². The molecule has 0 aliphatic carbocycles. The van der Waals surface area contributed by atoms with Crippen LogP contribution in [-0.2, 0) is 22.6 Å². The summed E-state index contributed by atoms with van der Waals surface area (Å²) in [6, 6.07) is 20.7. The molecular weight excluding hydrogens is 348 g/mol. The van der Waals surface area contributed by atoms with E-state index in [-0.39, 0.29) is 12.0 Å². The SMILES string of the molecule is CC(C)(C)OC(=O)[C@@H]1CCN(Cc2ccccc2)CCN1Cc1ccccc1. The van der Waals surface area contributed by atoms with Crippen molar-refractivity contribution in [1.82, 2.24) is 9.80 Å². The number of carbonyl (C=O) groups excluding carboxylic acids is 1. The van der Waals surface area contributed by atoms with Crippen molar-refractivity contribution in [3.63, 3.8) is 0 Å². The lowest BCUT2D eigenvalue weighted by Crippen LogP contribution is -2.44. The maximum absolute atomic E-state index is 12.9. The molecule has 0 saturated carbocycles. The summed E-state index contributed by atoms with van der Waals surface area (Å²) >= 11 is 0. The van der Waals surface area contributed by atoms with E-state index in [4.69, 9.17) is 4.74 Å². The van der Waals surface area contributed by atoms with Gasteiger partial charge in [0.25, 0.3) is 0 Å². The van der Waals surface area contributed by atoms with Crippen LogP contribution in [0, 0.1) is 0 Å². The van der Waals surface area contributed by atoms with Gasteiger partial charge >= 0.3 is 5.97 Å². The molecule has 1 heterocycles. The molecule has 1 aliphatic heterocycles. The molecule has 150 valence electrons. The second-order valence-electron chi connectivity index (χ2n) is 8.56. The predicted molar refractivity (Wildman–Crippen MR) is 113 cm³/mol. The second-order valence-corrected chi connectivity index (χ2v) is 8.56. The van der Waals surface area contributed by atoms with Gasteiger partial charge in [0.2, 0.25) is 0 Å². The Morgan fingerprint density at radius 1 is 0.893 bits per heavy atom. The lowest BCUT2D eigenvalue weighted by atomic mass is 10.1. The Morgan fingerprint density at radius 2 is 1.46 bits per heavy atom. The first-order valence-electron chi connectivity index (χ1n) is 10.2. The maximum Gasteiger partial charge on any atom is 0.323 e. The first kappa shape index (κ1) is 20.6. The zero-order valence-corrected chi connectivity index (χ0v) is 17.3. The molecule has 28 heavy (non-hydrogen) atoms. The van der Waals surface area contributed by atoms with E-state index in [0.29, 0.717) is 0 Å². The minimum Gasteiger partial charge on any atom is -0.459 e. The predicted octanol–water partition coefficient (Wildman–Crippen LogP) is 4.10. The van der Waals surface area contributed by atoms with Gasteiger partial charge in [0.15, 0.2) is 0 Å². The summed E-state index contributed by atoms with van der Waals surface area (Å²) in [5.41, 5.74) is 2.08. The van der Waals surface area contributed by atoms with Gasteiger partial charge in [0.05, 0.1) is 0 Å². The first-order valence-corrected chi connectivity index (χ1v) is 10.2. The number of rotatable bonds is 5. The van der Waals surface area contributed by atoms with E-state index in [9.17, 15) is 4.79 Å². The van der Waals surface area contributed by atoms with Crippen LogP contribution in [0.25, 0.3) is 0 Å². The molecular formula is C24H32N2O2. The highest BCUT2D eigenvalue weighted by Crippen LogP contribution is 2.20. The number of hydrogen-bond acceptors (Lipinski definition) is 4. The van der Waals surface area contributed by atoms with Crippen molar-refractivity contribution < 1.29 is 9.53 Å². The molecule has 1 fully saturated rings. The van der Waals surface area contributed by atoms with E-state index < -0.39 is 5.60 Å². The van der Waals surface area contributed by atoms with E-state index >= 15 is 0 Å². The number of esters is 1. The van der Waals surface area contributed by atoms with Gasteiger partial charge in [0, 0.05) is 32.7 Å². The molecule has 0 bridgehead atoms. The highest BCUT2D eigenvalue weighted by molar-refractivity contribution is 5.76. The molecule has 1 aliphatic rings. The molecule has 0 spiro atoms. The number of ether oxygens (including phenoxy) is 1. The molecule has 0 unspecified atom stereocenters. The molecule has 1 atom stereocenters. The first-order chi connectivity index (χ1) is 13.4. The van der Waals surface area contributed by atoms with Gasteiger partial charge in [-0.05, 0) is 38.3 Å². The van der Waals surface area contributed by atoms with E-state index in [2.05, 4.69) is 58.3 Å². The smallest absolute Gasteiger partial charge is 0.323 e. The fourth-order valence-electron chi connectivity index (χ4n) is 3.67. The molecule has 2 aromatic rings. The Balaban J connectivity index is 1.72. The Morgan fingerprint density at radius 3 is 2.04 bits per heavy atom. The lowest BCUT2D eigenvalue weighted by molar-refractivity contribution is -0.161. The minimum absolute atomic E-state index is 0.106. The monoisotopic (exact) mass is 380 g/mol. The highest BCUT2D eigenvalue weighted by Gasteiger charge is 2.33. The van der Waals surface area contributed by atoms with Crippen molar-refractivity contribution in [3.8, 4) is 0 Å². The number of hydrogen-bond donors (Lipinski definition) is 0. The quantitative estimate of drug-likeness (QED) is 0.731. The van der Waals surface area contributed by atoms with Crippen LogP contribution in [0.3, 0.4) is 0 Å². The van der Waals surface area contributed by atoms with E-state index in [0.717, 1.165) is 39.1 Å². The summed E-state index contributed by atoms with van der Waals surface area (Å²) in [7, 11) is 0. The third kappa shape index (κ3) is 6.18. The van der Waals surface area contributed by atoms with Crippen molar-refractivity contribution >= 4 is 5.97 Å². The van der Waals surface area contributed by atoms with Gasteiger partial charge < -0.3 is 4.74 Å². The van der Waals surface area contributed by atoms with Crippen LogP contribution >= 0.6 is 0 Å². The van der Waals surface area contributed by atoms with Crippen molar-refractivity contribution in [1.29, 1.82) is 0 Å². The number of carbonyl (C=O) groups is 1. The van der Waals surface area contributed by atoms with E-state index in [1.54, 1.807) is 0 Å². The lowest BCUT2D eigenvalue weighted by Gasteiger charge is -2.30. The van der Waals surface area contributed by atoms with Crippen LogP contribution in [0.15, 0.2) is 60.7 Å². The fourth-order valence-corrected chi connectivity index (χ4v) is 3.67. The van der Waals surface area contributed by atoms with Crippen molar-refractivity contribution in [2.24, 2.45) is 0 Å². The van der Waals surface area contributed by atoms with Crippen molar-refractivity contribution in [2.45, 2.75) is 51.9 Å². The largest absolute Gasteiger partial charge is 0.459 e. The van der Waals surface area contributed by atoms with Crippen molar-refractivity contribution in [2.75, 3.05) is 19.6 Å². The summed E-state index contributed by atoms with van der Waals surface area (Å²) < 4.78 is 5.76. The summed E-state index contributed by atoms with van der Waals surface area (Å²) in [6.07, 6.45) is 0.786. The molecule has 1 saturated heterocycles. The summed E-state index contributed by atoms with van der Waals surface area (Å²) in [6.45, 7) is 10.2. The van der Waals surface area contributed by atoms with Crippen molar-refractivity contribution in [3.05, 3.63) is 71.8 Å². The van der Waals surface area contributed by atoms with Gasteiger partial charge in [-0.3, -0.25) is 14.6 Å². The topological polar surface area (TPSA) is 32.8 Å². The van der Waals surface area contributed by atoms with Gasteiger partial charge in [0.1, 0.15) is 11.6 Å². The van der Waals surface area contributed by atoms with Crippen LogP contribution in [0.4, 0.5) is 0 Å². The molecule has 0 radical (unpaired) electrons. The molecule has 0 amide bonds. The van der Waals surface area contributed by atoms with Crippen LogP contribution in [-0.4, -0.2) is 47.0 Å². The maximum atomic E-state index is 12.9. The average Bonchev–Trinajstić information content (AvgIpc) is 2.85. The second kappa shape index (κ2) is 9.35. The van der Waals surface area contributed by atoms with Gasteiger partial charge in [-0.2, -0.15) is 0 Å². The minimum atomic E-state index is -0.467. The Bertz CT molecular complexity index is 740. The van der Waals surface area contributed by atoms with Crippen LogP contribution in [0.5, 0.6) is 0 Å². The third-order valence-electron chi connectivity index (χ3n) is 5.02.